The molecule has 0 aliphatic heterocycles. The summed E-state index contributed by atoms with van der Waals surface area (Å²) in [5, 5.41) is 12.4. The van der Waals surface area contributed by atoms with Crippen molar-refractivity contribution in [2.45, 2.75) is 50.9 Å². The molecule has 3 rings (SSSR count). The van der Waals surface area contributed by atoms with Crippen LogP contribution in [0.5, 0.6) is 0 Å². The highest BCUT2D eigenvalue weighted by Crippen LogP contribution is 2.48. The molecule has 0 N–H and O–H groups in total. The molecule has 0 amide bonds. The van der Waals surface area contributed by atoms with Gasteiger partial charge in [-0.1, -0.05) is 18.2 Å². The van der Waals surface area contributed by atoms with Crippen LogP contribution in [-0.4, -0.2) is 21.7 Å². The van der Waals surface area contributed by atoms with E-state index >= 15 is 0 Å². The normalized spacial score (nSPS) is 18.9. The maximum atomic E-state index is 14.6. The predicted molar refractivity (Wildman–Crippen MR) is 94.5 cm³/mol. The molecule has 0 radical (unpaired) electrons. The van der Waals surface area contributed by atoms with Crippen molar-refractivity contribution in [3.05, 3.63) is 52.8 Å². The second kappa shape index (κ2) is 8.05. The van der Waals surface area contributed by atoms with E-state index in [0.717, 1.165) is 4.68 Å². The Kier molecular flexibility index (Phi) is 5.83. The van der Waals surface area contributed by atoms with E-state index in [-0.39, 0.29) is 30.6 Å². The van der Waals surface area contributed by atoms with Crippen molar-refractivity contribution in [1.29, 1.82) is 5.26 Å². The third-order valence-corrected chi connectivity index (χ3v) is 4.94. The van der Waals surface area contributed by atoms with E-state index in [1.807, 2.05) is 6.07 Å². The molecule has 1 aliphatic rings. The number of nitrogens with zero attached hydrogens (tertiary/aromatic N) is 3. The van der Waals surface area contributed by atoms with Crippen molar-refractivity contribution < 1.29 is 31.5 Å². The van der Waals surface area contributed by atoms with Crippen LogP contribution in [0.4, 0.5) is 22.0 Å². The lowest BCUT2D eigenvalue weighted by atomic mass is 9.89. The summed E-state index contributed by atoms with van der Waals surface area (Å²) in [7, 11) is 0. The first kappa shape index (κ1) is 21.7. The number of alkyl halides is 5. The molecule has 160 valence electrons. The Bertz CT molecular complexity index is 963. The van der Waals surface area contributed by atoms with Crippen LogP contribution in [0.25, 0.3) is 0 Å². The number of aryl methyl sites for hydroxylation is 1. The van der Waals surface area contributed by atoms with Crippen LogP contribution in [-0.2, 0) is 23.9 Å². The van der Waals surface area contributed by atoms with Gasteiger partial charge < -0.3 is 4.74 Å². The Balaban J connectivity index is 2.04. The van der Waals surface area contributed by atoms with Gasteiger partial charge >= 0.3 is 12.1 Å². The summed E-state index contributed by atoms with van der Waals surface area (Å²) in [5.74, 6) is -5.28. The molecule has 0 bridgehead atoms. The summed E-state index contributed by atoms with van der Waals surface area (Å²) in [4.78, 5) is 12.3. The van der Waals surface area contributed by atoms with Crippen LogP contribution in [0.1, 0.15) is 53.2 Å². The number of ether oxygens (including phenoxy) is 1. The fraction of sp³-hybridized carbons (Fsp3) is 0.450. The molecule has 1 aromatic carbocycles. The van der Waals surface area contributed by atoms with Crippen molar-refractivity contribution in [2.24, 2.45) is 5.92 Å². The molecule has 5 nitrogen and oxygen atoms in total. The van der Waals surface area contributed by atoms with Crippen LogP contribution >= 0.6 is 0 Å². The van der Waals surface area contributed by atoms with E-state index in [9.17, 15) is 26.7 Å². The van der Waals surface area contributed by atoms with Crippen molar-refractivity contribution in [1.82, 2.24) is 9.78 Å². The zero-order valence-corrected chi connectivity index (χ0v) is 15.9. The number of benzene rings is 1. The smallest absolute Gasteiger partial charge is 0.435 e. The molecule has 1 heterocycles. The lowest BCUT2D eigenvalue weighted by Gasteiger charge is -2.32. The molecule has 1 aliphatic carbocycles. The zero-order chi connectivity index (χ0) is 22.1. The van der Waals surface area contributed by atoms with E-state index in [0.29, 0.717) is 0 Å². The number of carbonyl (C=O) groups is 1. The van der Waals surface area contributed by atoms with Crippen LogP contribution in [0.2, 0.25) is 0 Å². The number of hydrogen-bond donors (Lipinski definition) is 0. The van der Waals surface area contributed by atoms with Gasteiger partial charge in [0.25, 0.3) is 5.92 Å². The Hall–Kier alpha value is -2.96. The Morgan fingerprint density at radius 1 is 1.37 bits per heavy atom. The molecule has 2 aromatic rings. The van der Waals surface area contributed by atoms with Crippen LogP contribution in [0.15, 0.2) is 30.3 Å². The van der Waals surface area contributed by atoms with Gasteiger partial charge in [-0.15, -0.1) is 0 Å². The van der Waals surface area contributed by atoms with E-state index < -0.39 is 47.8 Å². The highest BCUT2D eigenvalue weighted by atomic mass is 19.4. The Labute approximate surface area is 169 Å². The molecule has 2 atom stereocenters. The van der Waals surface area contributed by atoms with Gasteiger partial charge in [-0.25, -0.2) is 13.6 Å². The molecule has 0 unspecified atom stereocenters. The second-order valence-corrected chi connectivity index (χ2v) is 7.16. The SMILES string of the molecule is C[C@@H](C#N)CCn1nc(C(F)(F)F)c2c1CCC(F)(F)[C@H]2OC(=O)c1ccccc1. The number of esters is 1. The molecule has 0 saturated heterocycles. The van der Waals surface area contributed by atoms with Crippen molar-refractivity contribution in [2.75, 3.05) is 0 Å². The molecule has 0 fully saturated rings. The number of aromatic nitrogens is 2. The monoisotopic (exact) mass is 427 g/mol. The minimum Gasteiger partial charge on any atom is -0.447 e. The maximum Gasteiger partial charge on any atom is 0.435 e. The lowest BCUT2D eigenvalue weighted by Crippen LogP contribution is -2.36. The molecular weight excluding hydrogens is 409 g/mol. The number of nitriles is 1. The van der Waals surface area contributed by atoms with Gasteiger partial charge in [-0.05, 0) is 31.9 Å². The summed E-state index contributed by atoms with van der Waals surface area (Å²) < 4.78 is 76.1. The van der Waals surface area contributed by atoms with Crippen LogP contribution in [0, 0.1) is 17.2 Å². The molecule has 0 saturated carbocycles. The Morgan fingerprint density at radius 3 is 2.63 bits per heavy atom. The third kappa shape index (κ3) is 4.30. The van der Waals surface area contributed by atoms with E-state index in [1.165, 1.54) is 24.3 Å². The summed E-state index contributed by atoms with van der Waals surface area (Å²) in [5.41, 5.74) is -2.41. The van der Waals surface area contributed by atoms with Gasteiger partial charge in [-0.3, -0.25) is 4.68 Å². The summed E-state index contributed by atoms with van der Waals surface area (Å²) >= 11 is 0. The quantitative estimate of drug-likeness (QED) is 0.501. The minimum atomic E-state index is -5.01. The topological polar surface area (TPSA) is 67.9 Å². The largest absolute Gasteiger partial charge is 0.447 e. The molecule has 1 aromatic heterocycles. The predicted octanol–water partition coefficient (Wildman–Crippen LogP) is 4.93. The first-order valence-electron chi connectivity index (χ1n) is 9.25. The fourth-order valence-corrected chi connectivity index (χ4v) is 3.35. The molecule has 0 spiro atoms. The highest BCUT2D eigenvalue weighted by molar-refractivity contribution is 5.89. The first-order chi connectivity index (χ1) is 14.0. The number of rotatable bonds is 5. The van der Waals surface area contributed by atoms with Crippen molar-refractivity contribution >= 4 is 5.97 Å². The summed E-state index contributed by atoms with van der Waals surface area (Å²) in [6.45, 7) is 1.55. The van der Waals surface area contributed by atoms with E-state index in [2.05, 4.69) is 5.10 Å². The minimum absolute atomic E-state index is 0.0436. The number of fused-ring (bicyclic) bond motifs is 1. The number of hydrogen-bond acceptors (Lipinski definition) is 4. The van der Waals surface area contributed by atoms with Gasteiger partial charge in [0, 0.05) is 24.6 Å². The van der Waals surface area contributed by atoms with Gasteiger partial charge in [0.1, 0.15) is 0 Å². The van der Waals surface area contributed by atoms with Crippen molar-refractivity contribution in [3.8, 4) is 6.07 Å². The molecular formula is C20H18F5N3O2. The van der Waals surface area contributed by atoms with Gasteiger partial charge in [0.2, 0.25) is 0 Å². The van der Waals surface area contributed by atoms with Gasteiger partial charge in [0.15, 0.2) is 11.8 Å². The summed E-state index contributed by atoms with van der Waals surface area (Å²) in [6.07, 6.45) is -8.36. The third-order valence-electron chi connectivity index (χ3n) is 4.94. The lowest BCUT2D eigenvalue weighted by molar-refractivity contribution is -0.151. The van der Waals surface area contributed by atoms with Crippen molar-refractivity contribution in [3.63, 3.8) is 0 Å². The maximum absolute atomic E-state index is 14.6. The second-order valence-electron chi connectivity index (χ2n) is 7.16. The van der Waals surface area contributed by atoms with E-state index in [4.69, 9.17) is 10.00 Å². The van der Waals surface area contributed by atoms with Crippen LogP contribution in [0.3, 0.4) is 0 Å². The first-order valence-corrected chi connectivity index (χ1v) is 9.25. The summed E-state index contributed by atoms with van der Waals surface area (Å²) in [6, 6.07) is 9.17. The zero-order valence-electron chi connectivity index (χ0n) is 15.9. The molecule has 10 heteroatoms. The number of halogens is 5. The number of carbonyl (C=O) groups excluding carboxylic acids is 1. The standard InChI is InChI=1S/C20H18F5N3O2/c1-12(11-26)8-10-28-14-7-9-19(21,22)17(15(14)16(27-28)20(23,24)25)30-18(29)13-5-3-2-4-6-13/h2-6,12,17H,7-10H2,1H3/t12-,17+/m1/s1. The molecule has 30 heavy (non-hydrogen) atoms. The average molecular weight is 427 g/mol. The average Bonchev–Trinajstić information content (AvgIpc) is 3.07. The Morgan fingerprint density at radius 2 is 2.03 bits per heavy atom. The van der Waals surface area contributed by atoms with Crippen LogP contribution < -0.4 is 0 Å². The fourth-order valence-electron chi connectivity index (χ4n) is 3.35. The highest BCUT2D eigenvalue weighted by Gasteiger charge is 2.54. The van der Waals surface area contributed by atoms with Gasteiger partial charge in [0.05, 0.1) is 17.2 Å². The van der Waals surface area contributed by atoms with Gasteiger partial charge in [-0.2, -0.15) is 23.5 Å². The van der Waals surface area contributed by atoms with E-state index in [1.54, 1.807) is 13.0 Å².